The van der Waals surface area contributed by atoms with E-state index in [0.717, 1.165) is 36.0 Å². The number of amides is 1. The first-order chi connectivity index (χ1) is 14.9. The van der Waals surface area contributed by atoms with Gasteiger partial charge in [-0.05, 0) is 55.9 Å². The van der Waals surface area contributed by atoms with E-state index in [-0.39, 0.29) is 17.4 Å². The molecule has 0 bridgehead atoms. The second-order valence-corrected chi connectivity index (χ2v) is 8.50. The molecule has 1 amide bonds. The lowest BCUT2D eigenvalue weighted by molar-refractivity contribution is -0.140. The molecule has 2 aliphatic rings. The lowest BCUT2D eigenvalue weighted by atomic mass is 9.92. The van der Waals surface area contributed by atoms with E-state index in [4.69, 9.17) is 4.74 Å². The molecule has 31 heavy (non-hydrogen) atoms. The second kappa shape index (κ2) is 8.67. The standard InChI is InChI=1S/C26H29NO4/c1-4-18-9-11-19(12-10-18)23-22(24(28)21-14-16(2)7-8-17(21)3)25(29)26(30)27(23)15-20-6-5-13-31-20/h7-12,14,20,23,28H,4-6,13,15H2,1-3H3/b24-22+. The molecule has 2 atom stereocenters. The van der Waals surface area contributed by atoms with Crippen molar-refractivity contribution in [3.8, 4) is 0 Å². The molecular formula is C26H29NO4. The fraction of sp³-hybridized carbons (Fsp3) is 0.385. The van der Waals surface area contributed by atoms with Gasteiger partial charge in [0.2, 0.25) is 0 Å². The minimum absolute atomic E-state index is 0.0867. The third-order valence-electron chi connectivity index (χ3n) is 6.32. The molecule has 2 saturated heterocycles. The average molecular weight is 420 g/mol. The van der Waals surface area contributed by atoms with Crippen molar-refractivity contribution in [3.63, 3.8) is 0 Å². The van der Waals surface area contributed by atoms with Crippen LogP contribution in [0.1, 0.15) is 53.6 Å². The first kappa shape index (κ1) is 21.3. The molecule has 0 aromatic heterocycles. The number of aliphatic hydroxyl groups is 1. The van der Waals surface area contributed by atoms with E-state index in [2.05, 4.69) is 6.92 Å². The average Bonchev–Trinajstić information content (AvgIpc) is 3.37. The van der Waals surface area contributed by atoms with E-state index in [1.54, 1.807) is 4.90 Å². The molecule has 5 nitrogen and oxygen atoms in total. The van der Waals surface area contributed by atoms with Crippen molar-refractivity contribution < 1.29 is 19.4 Å². The first-order valence-electron chi connectivity index (χ1n) is 11.0. The third-order valence-corrected chi connectivity index (χ3v) is 6.32. The number of nitrogens with zero attached hydrogens (tertiary/aromatic N) is 1. The van der Waals surface area contributed by atoms with Crippen LogP contribution in [0.3, 0.4) is 0 Å². The molecule has 2 aromatic carbocycles. The minimum atomic E-state index is -0.638. The van der Waals surface area contributed by atoms with Crippen LogP contribution in [-0.4, -0.2) is 41.0 Å². The molecule has 2 fully saturated rings. The highest BCUT2D eigenvalue weighted by Crippen LogP contribution is 2.40. The van der Waals surface area contributed by atoms with E-state index in [1.165, 1.54) is 5.56 Å². The monoisotopic (exact) mass is 419 g/mol. The van der Waals surface area contributed by atoms with Gasteiger partial charge in [-0.3, -0.25) is 9.59 Å². The summed E-state index contributed by atoms with van der Waals surface area (Å²) in [6.07, 6.45) is 2.63. The van der Waals surface area contributed by atoms with Gasteiger partial charge in [0.15, 0.2) is 0 Å². The summed E-state index contributed by atoms with van der Waals surface area (Å²) in [6, 6.07) is 13.0. The number of aliphatic hydroxyl groups excluding tert-OH is 1. The number of carbonyl (C=O) groups excluding carboxylic acids is 2. The molecule has 5 heteroatoms. The van der Waals surface area contributed by atoms with Gasteiger partial charge >= 0.3 is 0 Å². The number of aryl methyl sites for hydroxylation is 3. The van der Waals surface area contributed by atoms with Crippen LogP contribution in [0.15, 0.2) is 48.0 Å². The quantitative estimate of drug-likeness (QED) is 0.441. The normalized spacial score (nSPS) is 23.0. The summed E-state index contributed by atoms with van der Waals surface area (Å²) in [5.74, 6) is -1.33. The van der Waals surface area contributed by atoms with Gasteiger partial charge < -0.3 is 14.7 Å². The zero-order chi connectivity index (χ0) is 22.1. The topological polar surface area (TPSA) is 66.8 Å². The SMILES string of the molecule is CCc1ccc(C2/C(=C(\O)c3cc(C)ccc3C)C(=O)C(=O)N2CC2CCCO2)cc1. The van der Waals surface area contributed by atoms with Gasteiger partial charge in [-0.2, -0.15) is 0 Å². The summed E-state index contributed by atoms with van der Waals surface area (Å²) < 4.78 is 5.75. The summed E-state index contributed by atoms with van der Waals surface area (Å²) in [7, 11) is 0. The minimum Gasteiger partial charge on any atom is -0.507 e. The predicted molar refractivity (Wildman–Crippen MR) is 120 cm³/mol. The second-order valence-electron chi connectivity index (χ2n) is 8.50. The number of ether oxygens (including phenoxy) is 1. The largest absolute Gasteiger partial charge is 0.507 e. The van der Waals surface area contributed by atoms with Crippen molar-refractivity contribution in [1.82, 2.24) is 4.90 Å². The molecule has 0 spiro atoms. The van der Waals surface area contributed by atoms with E-state index < -0.39 is 17.7 Å². The van der Waals surface area contributed by atoms with Crippen LogP contribution in [0.4, 0.5) is 0 Å². The zero-order valence-corrected chi connectivity index (χ0v) is 18.4. The lowest BCUT2D eigenvalue weighted by Gasteiger charge is -2.27. The Morgan fingerprint density at radius 1 is 1.13 bits per heavy atom. The van der Waals surface area contributed by atoms with Gasteiger partial charge in [0.1, 0.15) is 5.76 Å². The number of Topliss-reactive ketones (excluding diaryl/α,β-unsaturated/α-hetero) is 1. The predicted octanol–water partition coefficient (Wildman–Crippen LogP) is 4.47. The van der Waals surface area contributed by atoms with Crippen molar-refractivity contribution in [1.29, 1.82) is 0 Å². The number of likely N-dealkylation sites (tertiary alicyclic amines) is 1. The Labute approximate surface area is 183 Å². The summed E-state index contributed by atoms with van der Waals surface area (Å²) in [5.41, 5.74) is 4.57. The van der Waals surface area contributed by atoms with E-state index in [9.17, 15) is 14.7 Å². The van der Waals surface area contributed by atoms with Gasteiger partial charge in [0, 0.05) is 18.7 Å². The van der Waals surface area contributed by atoms with Crippen molar-refractivity contribution in [2.24, 2.45) is 0 Å². The highest BCUT2D eigenvalue weighted by atomic mass is 16.5. The summed E-state index contributed by atoms with van der Waals surface area (Å²) in [6.45, 7) is 6.93. The number of carbonyl (C=O) groups is 2. The summed E-state index contributed by atoms with van der Waals surface area (Å²) >= 11 is 0. The van der Waals surface area contributed by atoms with Crippen LogP contribution in [0.25, 0.3) is 5.76 Å². The Bertz CT molecular complexity index is 1030. The van der Waals surface area contributed by atoms with Crippen LogP contribution in [-0.2, 0) is 20.7 Å². The van der Waals surface area contributed by atoms with Crippen LogP contribution < -0.4 is 0 Å². The maximum Gasteiger partial charge on any atom is 0.295 e. The van der Waals surface area contributed by atoms with Crippen LogP contribution in [0, 0.1) is 13.8 Å². The van der Waals surface area contributed by atoms with E-state index >= 15 is 0 Å². The van der Waals surface area contributed by atoms with Gasteiger partial charge in [0.05, 0.1) is 17.7 Å². The summed E-state index contributed by atoms with van der Waals surface area (Å²) in [4.78, 5) is 27.8. The molecule has 0 saturated carbocycles. The molecule has 2 aromatic rings. The highest BCUT2D eigenvalue weighted by Gasteiger charge is 2.47. The fourth-order valence-electron chi connectivity index (χ4n) is 4.49. The van der Waals surface area contributed by atoms with Gasteiger partial charge in [-0.25, -0.2) is 0 Å². The smallest absolute Gasteiger partial charge is 0.295 e. The van der Waals surface area contributed by atoms with E-state index in [0.29, 0.717) is 18.7 Å². The number of benzene rings is 2. The van der Waals surface area contributed by atoms with Crippen molar-refractivity contribution in [2.75, 3.05) is 13.2 Å². The Hall–Kier alpha value is -2.92. The van der Waals surface area contributed by atoms with E-state index in [1.807, 2.05) is 56.3 Å². The molecule has 2 heterocycles. The van der Waals surface area contributed by atoms with Gasteiger partial charge in [-0.15, -0.1) is 0 Å². The molecule has 2 unspecified atom stereocenters. The molecule has 0 radical (unpaired) electrons. The fourth-order valence-corrected chi connectivity index (χ4v) is 4.49. The Kier molecular flexibility index (Phi) is 5.96. The molecule has 2 aliphatic heterocycles. The molecule has 0 aliphatic carbocycles. The number of hydrogen-bond donors (Lipinski definition) is 1. The maximum atomic E-state index is 13.2. The van der Waals surface area contributed by atoms with Crippen molar-refractivity contribution >= 4 is 17.4 Å². The number of ketones is 1. The van der Waals surface area contributed by atoms with Crippen molar-refractivity contribution in [3.05, 3.63) is 75.9 Å². The Morgan fingerprint density at radius 2 is 1.87 bits per heavy atom. The van der Waals surface area contributed by atoms with Crippen LogP contribution in [0.2, 0.25) is 0 Å². The zero-order valence-electron chi connectivity index (χ0n) is 18.4. The third kappa shape index (κ3) is 4.02. The Morgan fingerprint density at radius 3 is 2.52 bits per heavy atom. The molecular weight excluding hydrogens is 390 g/mol. The first-order valence-corrected chi connectivity index (χ1v) is 11.0. The van der Waals surface area contributed by atoms with Gasteiger partial charge in [0.25, 0.3) is 11.7 Å². The molecule has 162 valence electrons. The number of rotatable bonds is 5. The van der Waals surface area contributed by atoms with Gasteiger partial charge in [-0.1, -0.05) is 48.9 Å². The maximum absolute atomic E-state index is 13.2. The van der Waals surface area contributed by atoms with Crippen molar-refractivity contribution in [2.45, 2.75) is 52.2 Å². The lowest BCUT2D eigenvalue weighted by Crippen LogP contribution is -2.36. The number of hydrogen-bond acceptors (Lipinski definition) is 4. The summed E-state index contributed by atoms with van der Waals surface area (Å²) in [5, 5.41) is 11.3. The van der Waals surface area contributed by atoms with Crippen LogP contribution >= 0.6 is 0 Å². The Balaban J connectivity index is 1.85. The molecule has 4 rings (SSSR count). The molecule has 1 N–H and O–H groups in total. The highest BCUT2D eigenvalue weighted by molar-refractivity contribution is 6.46. The van der Waals surface area contributed by atoms with Crippen LogP contribution in [0.5, 0.6) is 0 Å².